The topological polar surface area (TPSA) is 8.17 Å². The molecule has 0 radical (unpaired) electrons. The van der Waals surface area contributed by atoms with E-state index in [9.17, 15) is 0 Å². The predicted molar refractivity (Wildman–Crippen MR) is 271 cm³/mol. The average molecular weight is 809 g/mol. The van der Waals surface area contributed by atoms with Gasteiger partial charge < -0.3 is 9.47 Å². The van der Waals surface area contributed by atoms with Gasteiger partial charge in [-0.1, -0.05) is 190 Å². The maximum Gasteiger partial charge on any atom is 0.0541 e. The van der Waals surface area contributed by atoms with Crippen LogP contribution in [-0.4, -0.2) is 4.57 Å². The molecule has 11 aromatic rings. The Hall–Kier alpha value is -7.94. The fraction of sp³-hybridized carbons (Fsp3) is 0.0492. The molecular weight excluding hydrogens is 761 g/mol. The second kappa shape index (κ2) is 17.6. The summed E-state index contributed by atoms with van der Waals surface area (Å²) < 4.78 is 2.45. The van der Waals surface area contributed by atoms with Crippen LogP contribution in [0.1, 0.15) is 20.3 Å². The first-order valence-corrected chi connectivity index (χ1v) is 22.0. The number of para-hydroxylation sites is 3. The Labute approximate surface area is 370 Å². The Morgan fingerprint density at radius 1 is 0.317 bits per heavy atom. The predicted octanol–water partition coefficient (Wildman–Crippen LogP) is 17.5. The average Bonchev–Trinajstić information content (AvgIpc) is 3.69. The van der Waals surface area contributed by atoms with Gasteiger partial charge in [0.1, 0.15) is 0 Å². The molecule has 63 heavy (non-hydrogen) atoms. The van der Waals surface area contributed by atoms with E-state index in [1.165, 1.54) is 83.5 Å². The van der Waals surface area contributed by atoms with Crippen molar-refractivity contribution in [3.8, 4) is 50.2 Å². The Morgan fingerprint density at radius 2 is 0.810 bits per heavy atom. The highest BCUT2D eigenvalue weighted by Gasteiger charge is 2.18. The zero-order chi connectivity index (χ0) is 42.5. The summed E-state index contributed by atoms with van der Waals surface area (Å²) in [6.45, 7) is 4.25. The number of nitrogens with zero attached hydrogens (tertiary/aromatic N) is 2. The molecule has 0 aliphatic carbocycles. The standard InChI is InChI=1S/C58H40N2.C3H8/c1-4-17-41(18-5-1)45-37-46(54-29-16-20-42-19-10-11-25-51(42)54)39-50(38-45)60-57-30-15-14-28-55(57)56-40-44(33-36-58(56)60)53-27-13-12-26-52(53)43-31-34-49(35-32-43)59(47-21-6-2-7-22-47)48-23-8-3-9-24-48;1-3-2/h1-40H;3H2,1-2H3. The molecule has 0 saturated carbocycles. The monoisotopic (exact) mass is 808 g/mol. The van der Waals surface area contributed by atoms with Gasteiger partial charge in [-0.15, -0.1) is 0 Å². The highest BCUT2D eigenvalue weighted by molar-refractivity contribution is 6.11. The van der Waals surface area contributed by atoms with Crippen LogP contribution in [0.25, 0.3) is 82.8 Å². The van der Waals surface area contributed by atoms with E-state index in [4.69, 9.17) is 0 Å². The van der Waals surface area contributed by atoms with E-state index >= 15 is 0 Å². The molecule has 0 aliphatic heterocycles. The lowest BCUT2D eigenvalue weighted by atomic mass is 9.93. The number of aromatic nitrogens is 1. The molecule has 0 saturated heterocycles. The first kappa shape index (κ1) is 39.2. The second-order valence-corrected chi connectivity index (χ2v) is 16.1. The Bertz CT molecular complexity index is 3270. The van der Waals surface area contributed by atoms with Crippen LogP contribution in [-0.2, 0) is 0 Å². The number of anilines is 3. The van der Waals surface area contributed by atoms with E-state index in [-0.39, 0.29) is 0 Å². The molecule has 1 heterocycles. The van der Waals surface area contributed by atoms with Gasteiger partial charge in [0.15, 0.2) is 0 Å². The molecule has 10 aromatic carbocycles. The lowest BCUT2D eigenvalue weighted by Gasteiger charge is -2.25. The first-order chi connectivity index (χ1) is 31.2. The largest absolute Gasteiger partial charge is 0.311 e. The molecule has 1 aromatic heterocycles. The van der Waals surface area contributed by atoms with Crippen LogP contribution < -0.4 is 4.90 Å². The third-order valence-electron chi connectivity index (χ3n) is 11.8. The van der Waals surface area contributed by atoms with Gasteiger partial charge in [0.2, 0.25) is 0 Å². The molecule has 0 N–H and O–H groups in total. The van der Waals surface area contributed by atoms with Crippen molar-refractivity contribution >= 4 is 49.6 Å². The maximum absolute atomic E-state index is 2.45. The molecule has 0 aliphatic rings. The lowest BCUT2D eigenvalue weighted by Crippen LogP contribution is -2.09. The summed E-state index contributed by atoms with van der Waals surface area (Å²) in [4.78, 5) is 2.31. The molecule has 0 unspecified atom stereocenters. The van der Waals surface area contributed by atoms with Crippen LogP contribution in [0.15, 0.2) is 243 Å². The fourth-order valence-electron chi connectivity index (χ4n) is 8.97. The van der Waals surface area contributed by atoms with E-state index in [2.05, 4.69) is 266 Å². The van der Waals surface area contributed by atoms with E-state index in [1.54, 1.807) is 0 Å². The molecule has 0 bridgehead atoms. The van der Waals surface area contributed by atoms with Crippen molar-refractivity contribution in [2.75, 3.05) is 4.90 Å². The number of rotatable bonds is 8. The van der Waals surface area contributed by atoms with Crippen molar-refractivity contribution < 1.29 is 0 Å². The Balaban J connectivity index is 0.00000153. The van der Waals surface area contributed by atoms with Gasteiger partial charge in [-0.2, -0.15) is 0 Å². The summed E-state index contributed by atoms with van der Waals surface area (Å²) in [5, 5.41) is 4.95. The van der Waals surface area contributed by atoms with Crippen molar-refractivity contribution in [2.45, 2.75) is 20.3 Å². The Kier molecular flexibility index (Phi) is 10.9. The van der Waals surface area contributed by atoms with Crippen LogP contribution in [0.3, 0.4) is 0 Å². The van der Waals surface area contributed by atoms with Crippen LogP contribution in [0, 0.1) is 0 Å². The minimum Gasteiger partial charge on any atom is -0.311 e. The molecule has 11 rings (SSSR count). The maximum atomic E-state index is 2.45. The van der Waals surface area contributed by atoms with Crippen LogP contribution in [0.5, 0.6) is 0 Å². The van der Waals surface area contributed by atoms with E-state index in [0.29, 0.717) is 0 Å². The number of hydrogen-bond donors (Lipinski definition) is 0. The second-order valence-electron chi connectivity index (χ2n) is 16.1. The highest BCUT2D eigenvalue weighted by atomic mass is 15.1. The molecule has 0 spiro atoms. The minimum absolute atomic E-state index is 1.11. The van der Waals surface area contributed by atoms with Crippen molar-refractivity contribution in [3.05, 3.63) is 243 Å². The van der Waals surface area contributed by atoms with E-state index < -0.39 is 0 Å². The first-order valence-electron chi connectivity index (χ1n) is 22.0. The van der Waals surface area contributed by atoms with Gasteiger partial charge in [-0.05, 0) is 128 Å². The van der Waals surface area contributed by atoms with Gasteiger partial charge in [-0.3, -0.25) is 0 Å². The lowest BCUT2D eigenvalue weighted by molar-refractivity contribution is 1.09. The summed E-state index contributed by atoms with van der Waals surface area (Å²) in [5.41, 5.74) is 16.4. The molecule has 0 amide bonds. The van der Waals surface area contributed by atoms with Gasteiger partial charge >= 0.3 is 0 Å². The summed E-state index contributed by atoms with van der Waals surface area (Å²) >= 11 is 0. The zero-order valence-electron chi connectivity index (χ0n) is 35.7. The highest BCUT2D eigenvalue weighted by Crippen LogP contribution is 2.42. The van der Waals surface area contributed by atoms with Crippen LogP contribution >= 0.6 is 0 Å². The third-order valence-corrected chi connectivity index (χ3v) is 11.8. The van der Waals surface area contributed by atoms with Gasteiger partial charge in [0, 0.05) is 33.5 Å². The summed E-state index contributed by atoms with van der Waals surface area (Å²) in [7, 11) is 0. The van der Waals surface area contributed by atoms with Crippen LogP contribution in [0.2, 0.25) is 0 Å². The van der Waals surface area contributed by atoms with Gasteiger partial charge in [-0.25, -0.2) is 0 Å². The van der Waals surface area contributed by atoms with Crippen molar-refractivity contribution in [3.63, 3.8) is 0 Å². The summed E-state index contributed by atoms with van der Waals surface area (Å²) in [6.07, 6.45) is 1.25. The zero-order valence-corrected chi connectivity index (χ0v) is 35.7. The van der Waals surface area contributed by atoms with Crippen LogP contribution in [0.4, 0.5) is 17.1 Å². The van der Waals surface area contributed by atoms with E-state index in [1.807, 2.05) is 0 Å². The quantitative estimate of drug-likeness (QED) is 0.148. The molecular formula is C61H48N2. The van der Waals surface area contributed by atoms with Crippen molar-refractivity contribution in [2.24, 2.45) is 0 Å². The molecule has 0 atom stereocenters. The smallest absolute Gasteiger partial charge is 0.0541 e. The number of fused-ring (bicyclic) bond motifs is 4. The molecule has 0 fully saturated rings. The minimum atomic E-state index is 1.11. The van der Waals surface area contributed by atoms with E-state index in [0.717, 1.165) is 22.7 Å². The fourth-order valence-corrected chi connectivity index (χ4v) is 8.97. The number of hydrogen-bond acceptors (Lipinski definition) is 1. The van der Waals surface area contributed by atoms with Crippen molar-refractivity contribution in [1.82, 2.24) is 4.57 Å². The number of benzene rings is 10. The molecule has 302 valence electrons. The Morgan fingerprint density at radius 3 is 1.51 bits per heavy atom. The normalized spacial score (nSPS) is 11.1. The van der Waals surface area contributed by atoms with Gasteiger partial charge in [0.05, 0.1) is 11.0 Å². The summed E-state index contributed by atoms with van der Waals surface area (Å²) in [6, 6.07) is 87.8. The third kappa shape index (κ3) is 7.69. The SMILES string of the molecule is CCC.c1ccc(-c2cc(-c3cccc4ccccc34)cc(-n3c4ccccc4c4cc(-c5ccccc5-c5ccc(N(c6ccccc6)c6ccccc6)cc5)ccc43)c2)cc1. The summed E-state index contributed by atoms with van der Waals surface area (Å²) in [5.74, 6) is 0. The molecule has 2 nitrogen and oxygen atoms in total. The van der Waals surface area contributed by atoms with Gasteiger partial charge in [0.25, 0.3) is 0 Å². The van der Waals surface area contributed by atoms with Crippen molar-refractivity contribution in [1.29, 1.82) is 0 Å². The molecule has 2 heteroatoms.